The number of hydrogen-bond donors (Lipinski definition) is 11. The van der Waals surface area contributed by atoms with Gasteiger partial charge in [0.1, 0.15) is 73.8 Å². The molecule has 11 N–H and O–H groups in total. The summed E-state index contributed by atoms with van der Waals surface area (Å²) in [5.74, 6) is -3.61. The molecule has 58 heavy (non-hydrogen) atoms. The summed E-state index contributed by atoms with van der Waals surface area (Å²) in [7, 11) is 0. The van der Waals surface area contributed by atoms with Crippen LogP contribution in [0.1, 0.15) is 25.0 Å². The highest BCUT2D eigenvalue weighted by Crippen LogP contribution is 2.36. The molecule has 3 aliphatic rings. The van der Waals surface area contributed by atoms with Crippen LogP contribution in [0.15, 0.2) is 42.5 Å². The van der Waals surface area contributed by atoms with Crippen molar-refractivity contribution in [1.29, 1.82) is 0 Å². The van der Waals surface area contributed by atoms with Gasteiger partial charge >= 0.3 is 11.9 Å². The molecule has 15 atom stereocenters. The van der Waals surface area contributed by atoms with E-state index in [1.165, 1.54) is 43.3 Å². The van der Waals surface area contributed by atoms with Crippen molar-refractivity contribution in [2.75, 3.05) is 19.8 Å². The first-order valence-electron chi connectivity index (χ1n) is 18.1. The fourth-order valence-electron chi connectivity index (χ4n) is 6.47. The van der Waals surface area contributed by atoms with E-state index < -0.39 is 147 Å². The van der Waals surface area contributed by atoms with E-state index in [0.29, 0.717) is 5.56 Å². The van der Waals surface area contributed by atoms with Crippen molar-refractivity contribution in [1.82, 2.24) is 0 Å². The molecule has 322 valence electrons. The third-order valence-corrected chi connectivity index (χ3v) is 9.67. The van der Waals surface area contributed by atoms with Crippen molar-refractivity contribution in [2.45, 2.75) is 112 Å². The Morgan fingerprint density at radius 3 is 1.91 bits per heavy atom. The number of carbonyl (C=O) groups excluding carboxylic acids is 2. The third-order valence-electron chi connectivity index (χ3n) is 9.67. The Hall–Kier alpha value is -4.20. The average Bonchev–Trinajstić information content (AvgIpc) is 3.18. The van der Waals surface area contributed by atoms with Crippen LogP contribution in [0.2, 0.25) is 0 Å². The van der Waals surface area contributed by atoms with Gasteiger partial charge in [0.25, 0.3) is 0 Å². The molecule has 2 aromatic carbocycles. The fraction of sp³-hybridized carbons (Fsp3) is 0.568. The third kappa shape index (κ3) is 10.7. The van der Waals surface area contributed by atoms with Gasteiger partial charge in [-0.05, 0) is 48.4 Å². The van der Waals surface area contributed by atoms with Gasteiger partial charge in [0.15, 0.2) is 41.7 Å². The lowest BCUT2D eigenvalue weighted by Gasteiger charge is -2.49. The van der Waals surface area contributed by atoms with E-state index in [1.54, 1.807) is 0 Å². The molecule has 21 heteroatoms. The summed E-state index contributed by atoms with van der Waals surface area (Å²) < 4.78 is 46.9. The Morgan fingerprint density at radius 1 is 0.672 bits per heavy atom. The highest BCUT2D eigenvalue weighted by molar-refractivity contribution is 5.87. The number of phenols is 4. The summed E-state index contributed by atoms with van der Waals surface area (Å²) in [6.45, 7) is 0.330. The second-order valence-corrected chi connectivity index (χ2v) is 13.9. The molecule has 0 unspecified atom stereocenters. The number of hydrogen-bond acceptors (Lipinski definition) is 21. The minimum Gasteiger partial charge on any atom is -0.504 e. The van der Waals surface area contributed by atoms with Crippen molar-refractivity contribution in [3.8, 4) is 23.0 Å². The Labute approximate surface area is 330 Å². The molecule has 2 aromatic rings. The van der Waals surface area contributed by atoms with Crippen molar-refractivity contribution in [3.63, 3.8) is 0 Å². The maximum Gasteiger partial charge on any atom is 0.331 e. The number of esters is 2. The van der Waals surface area contributed by atoms with Crippen molar-refractivity contribution in [2.24, 2.45) is 0 Å². The van der Waals surface area contributed by atoms with Gasteiger partial charge in [-0.3, -0.25) is 4.79 Å². The van der Waals surface area contributed by atoms with E-state index in [4.69, 9.17) is 37.9 Å². The number of carbonyl (C=O) groups is 2. The molecular formula is C37H48O21. The lowest BCUT2D eigenvalue weighted by Crippen LogP contribution is -2.67. The van der Waals surface area contributed by atoms with Gasteiger partial charge < -0.3 is 94.1 Å². The van der Waals surface area contributed by atoms with Crippen LogP contribution in [-0.4, -0.2) is 180 Å². The standard InChI is InChI=1S/C37H48O21/c1-15-27(45)29(47)31(49)36(53-15)58-35-33(56-26(44)8-5-17-3-6-19(40)21(42)9-17)25(14-52-16(2)39)54-24(13-51-12-18-4-7-20(41)22(43)10-18)34(35)57-37-32(50)30(48)28(46)23(11-38)55-37/h3-10,15,23-25,27-38,40-43,45-50H,11-14H2,1-2H3/b8-5+/t15-,23+,24+,25+,27-,28-,29+,30-,31+,32+,33-,34-,35+,36-,37-/m0/s1. The zero-order valence-corrected chi connectivity index (χ0v) is 31.1. The first-order valence-corrected chi connectivity index (χ1v) is 18.1. The largest absolute Gasteiger partial charge is 0.504 e. The smallest absolute Gasteiger partial charge is 0.331 e. The molecule has 3 aliphatic heterocycles. The summed E-state index contributed by atoms with van der Waals surface area (Å²) in [6.07, 6.45) is -23.1. The summed E-state index contributed by atoms with van der Waals surface area (Å²) in [5, 5.41) is 113. The predicted octanol–water partition coefficient (Wildman–Crippen LogP) is -2.62. The minimum atomic E-state index is -1.99. The number of aliphatic hydroxyl groups is 7. The molecule has 3 fully saturated rings. The van der Waals surface area contributed by atoms with E-state index in [2.05, 4.69) is 0 Å². The Bertz CT molecular complexity index is 1720. The molecule has 0 amide bonds. The average molecular weight is 829 g/mol. The quantitative estimate of drug-likeness (QED) is 0.0527. The Kier molecular flexibility index (Phi) is 15.2. The van der Waals surface area contributed by atoms with Gasteiger partial charge in [0, 0.05) is 13.0 Å². The van der Waals surface area contributed by atoms with E-state index in [0.717, 1.165) is 19.1 Å². The number of aliphatic hydroxyl groups excluding tert-OH is 7. The molecular weight excluding hydrogens is 780 g/mol. The van der Waals surface area contributed by atoms with Crippen LogP contribution in [0, 0.1) is 0 Å². The van der Waals surface area contributed by atoms with Crippen LogP contribution in [-0.2, 0) is 54.1 Å². The Balaban J connectivity index is 1.55. The molecule has 0 aliphatic carbocycles. The van der Waals surface area contributed by atoms with Crippen LogP contribution < -0.4 is 0 Å². The molecule has 0 aromatic heterocycles. The van der Waals surface area contributed by atoms with Crippen LogP contribution in [0.5, 0.6) is 23.0 Å². The van der Waals surface area contributed by atoms with Crippen LogP contribution >= 0.6 is 0 Å². The first-order chi connectivity index (χ1) is 27.5. The van der Waals surface area contributed by atoms with Gasteiger partial charge in [-0.25, -0.2) is 4.79 Å². The maximum atomic E-state index is 13.5. The van der Waals surface area contributed by atoms with Gasteiger partial charge in [-0.15, -0.1) is 0 Å². The lowest BCUT2D eigenvalue weighted by atomic mass is 9.93. The molecule has 0 spiro atoms. The van der Waals surface area contributed by atoms with Crippen molar-refractivity contribution >= 4 is 18.0 Å². The summed E-state index contributed by atoms with van der Waals surface area (Å²) in [5.41, 5.74) is 0.627. The van der Waals surface area contributed by atoms with E-state index in [9.17, 15) is 65.8 Å². The highest BCUT2D eigenvalue weighted by atomic mass is 16.8. The van der Waals surface area contributed by atoms with Crippen LogP contribution in [0.3, 0.4) is 0 Å². The molecule has 0 saturated carbocycles. The first kappa shape index (κ1) is 44.9. The number of aromatic hydroxyl groups is 4. The molecule has 3 saturated heterocycles. The molecule has 21 nitrogen and oxygen atoms in total. The van der Waals surface area contributed by atoms with E-state index >= 15 is 0 Å². The zero-order valence-electron chi connectivity index (χ0n) is 31.1. The monoisotopic (exact) mass is 828 g/mol. The SMILES string of the molecule is CC(=O)OC[C@H]1O[C@H](COCc2ccc(O)c(O)c2)[C@H](O[C@@H]2O[C@H](CO)[C@H](O)[C@H](O)[C@H]2O)[C@H](O[C@@H]2O[C@@H](C)[C@H](O)[C@@H](O)[C@H]2O)[C@H]1OC(=O)/C=C/c1ccc(O)c(O)c1. The topological polar surface area (TPSA) is 331 Å². The van der Waals surface area contributed by atoms with Gasteiger partial charge in [0.2, 0.25) is 0 Å². The second-order valence-electron chi connectivity index (χ2n) is 13.9. The number of rotatable bonds is 14. The van der Waals surface area contributed by atoms with Gasteiger partial charge in [-0.1, -0.05) is 12.1 Å². The summed E-state index contributed by atoms with van der Waals surface area (Å²) >= 11 is 0. The molecule has 0 bridgehead atoms. The number of ether oxygens (including phenoxy) is 8. The highest BCUT2D eigenvalue weighted by Gasteiger charge is 2.55. The van der Waals surface area contributed by atoms with Crippen LogP contribution in [0.25, 0.3) is 6.08 Å². The van der Waals surface area contributed by atoms with E-state index in [1.807, 2.05) is 0 Å². The van der Waals surface area contributed by atoms with Gasteiger partial charge in [-0.2, -0.15) is 0 Å². The normalized spacial score (nSPS) is 35.4. The van der Waals surface area contributed by atoms with Crippen molar-refractivity contribution in [3.05, 3.63) is 53.6 Å². The van der Waals surface area contributed by atoms with Crippen molar-refractivity contribution < 1.29 is 104 Å². The van der Waals surface area contributed by atoms with Gasteiger partial charge in [0.05, 0.1) is 25.9 Å². The van der Waals surface area contributed by atoms with E-state index in [-0.39, 0.29) is 12.2 Å². The fourth-order valence-corrected chi connectivity index (χ4v) is 6.47. The number of phenolic OH excluding ortho intramolecular Hbond substituents is 4. The molecule has 0 radical (unpaired) electrons. The second kappa shape index (κ2) is 19.7. The summed E-state index contributed by atoms with van der Waals surface area (Å²) in [4.78, 5) is 25.5. The molecule has 5 rings (SSSR count). The maximum absolute atomic E-state index is 13.5. The lowest BCUT2D eigenvalue weighted by molar-refractivity contribution is -0.371. The Morgan fingerprint density at radius 2 is 1.28 bits per heavy atom. The zero-order chi connectivity index (χ0) is 42.4. The predicted molar refractivity (Wildman–Crippen MR) is 189 cm³/mol. The van der Waals surface area contributed by atoms with Crippen LogP contribution in [0.4, 0.5) is 0 Å². The minimum absolute atomic E-state index is 0.220. The number of benzene rings is 2. The summed E-state index contributed by atoms with van der Waals surface area (Å²) in [6, 6.07) is 7.57. The molecule has 3 heterocycles.